The Bertz CT molecular complexity index is 704. The third kappa shape index (κ3) is 3.15. The molecule has 3 fully saturated rings. The number of nitrogens with zero attached hydrogens (tertiary/aromatic N) is 2. The topological polar surface area (TPSA) is 60.9 Å². The average Bonchev–Trinajstić information content (AvgIpc) is 3.17. The summed E-state index contributed by atoms with van der Waals surface area (Å²) in [4.78, 5) is 28.8. The fourth-order valence-corrected chi connectivity index (χ4v) is 4.09. The average molecular weight is 346 g/mol. The quantitative estimate of drug-likeness (QED) is 0.904. The number of aliphatic hydroxyl groups excluding tert-OH is 1. The van der Waals surface area contributed by atoms with Gasteiger partial charge in [-0.05, 0) is 37.3 Å². The lowest BCUT2D eigenvalue weighted by atomic mass is 10.0. The molecule has 134 valence electrons. The maximum absolute atomic E-state index is 13.9. The Morgan fingerprint density at radius 2 is 2.00 bits per heavy atom. The van der Waals surface area contributed by atoms with Crippen LogP contribution in [0.15, 0.2) is 18.2 Å². The molecule has 1 saturated carbocycles. The zero-order valence-electron chi connectivity index (χ0n) is 14.2. The minimum atomic E-state index is -0.559. The van der Waals surface area contributed by atoms with Crippen LogP contribution in [0.3, 0.4) is 0 Å². The number of amides is 2. The Balaban J connectivity index is 1.45. The van der Waals surface area contributed by atoms with Crippen LogP contribution in [0.1, 0.15) is 41.6 Å². The Labute approximate surface area is 146 Å². The van der Waals surface area contributed by atoms with E-state index in [0.717, 1.165) is 25.8 Å². The van der Waals surface area contributed by atoms with E-state index >= 15 is 0 Å². The summed E-state index contributed by atoms with van der Waals surface area (Å²) in [6.07, 6.45) is 3.85. The van der Waals surface area contributed by atoms with E-state index in [-0.39, 0.29) is 30.0 Å². The Morgan fingerprint density at radius 1 is 1.20 bits per heavy atom. The molecule has 1 N–H and O–H groups in total. The fraction of sp³-hybridized carbons (Fsp3) is 0.579. The summed E-state index contributed by atoms with van der Waals surface area (Å²) in [5.41, 5.74) is 0.492. The van der Waals surface area contributed by atoms with Gasteiger partial charge in [-0.15, -0.1) is 0 Å². The van der Waals surface area contributed by atoms with Crippen LogP contribution < -0.4 is 0 Å². The van der Waals surface area contributed by atoms with Crippen LogP contribution in [0, 0.1) is 17.7 Å². The zero-order chi connectivity index (χ0) is 17.6. The maximum atomic E-state index is 13.9. The lowest BCUT2D eigenvalue weighted by molar-refractivity contribution is -0.130. The first-order valence-corrected chi connectivity index (χ1v) is 9.05. The van der Waals surface area contributed by atoms with Gasteiger partial charge in [-0.1, -0.05) is 6.07 Å². The Kier molecular flexibility index (Phi) is 4.23. The molecule has 1 aromatic rings. The van der Waals surface area contributed by atoms with Gasteiger partial charge in [0.1, 0.15) is 5.82 Å². The minimum absolute atomic E-state index is 0.0382. The van der Waals surface area contributed by atoms with Crippen LogP contribution in [0.4, 0.5) is 4.39 Å². The molecular formula is C19H23FN2O3. The maximum Gasteiger partial charge on any atom is 0.254 e. The molecule has 0 bridgehead atoms. The Morgan fingerprint density at radius 3 is 2.68 bits per heavy atom. The summed E-state index contributed by atoms with van der Waals surface area (Å²) in [7, 11) is 0. The molecule has 1 aliphatic carbocycles. The monoisotopic (exact) mass is 346 g/mol. The van der Waals surface area contributed by atoms with Crippen molar-refractivity contribution in [3.63, 3.8) is 0 Å². The predicted molar refractivity (Wildman–Crippen MR) is 89.2 cm³/mol. The van der Waals surface area contributed by atoms with Crippen LogP contribution in [0.5, 0.6) is 0 Å². The number of hydrogen-bond donors (Lipinski definition) is 1. The molecule has 2 unspecified atom stereocenters. The number of fused-ring (bicyclic) bond motifs is 1. The van der Waals surface area contributed by atoms with Crippen molar-refractivity contribution in [2.45, 2.75) is 38.3 Å². The lowest BCUT2D eigenvalue weighted by Gasteiger charge is -2.25. The van der Waals surface area contributed by atoms with Crippen molar-refractivity contribution in [3.8, 4) is 0 Å². The highest BCUT2D eigenvalue weighted by atomic mass is 19.1. The molecule has 2 amide bonds. The molecule has 5 nitrogen and oxygen atoms in total. The van der Waals surface area contributed by atoms with Crippen molar-refractivity contribution in [1.29, 1.82) is 0 Å². The van der Waals surface area contributed by atoms with E-state index in [2.05, 4.69) is 0 Å². The molecule has 0 spiro atoms. The van der Waals surface area contributed by atoms with Crippen molar-refractivity contribution in [2.24, 2.45) is 11.8 Å². The lowest BCUT2D eigenvalue weighted by Crippen LogP contribution is -2.40. The first-order chi connectivity index (χ1) is 12.1. The van der Waals surface area contributed by atoms with Gasteiger partial charge in [0.2, 0.25) is 5.91 Å². The first-order valence-electron chi connectivity index (χ1n) is 9.05. The molecule has 2 heterocycles. The van der Waals surface area contributed by atoms with Gasteiger partial charge < -0.3 is 14.9 Å². The standard InChI is InChI=1S/C19H23FN2O3/c20-16-8-13(3-4-15(16)11-23)19(25)22-6-5-14-9-21(10-17(14)22)18(24)7-12-1-2-12/h3-4,8,12,14,17,23H,1-2,5-7,9-11H2. The van der Waals surface area contributed by atoms with Gasteiger partial charge in [0.05, 0.1) is 12.6 Å². The number of likely N-dealkylation sites (tertiary alicyclic amines) is 2. The van der Waals surface area contributed by atoms with Gasteiger partial charge in [0.25, 0.3) is 5.91 Å². The van der Waals surface area contributed by atoms with Crippen LogP contribution in [-0.4, -0.2) is 52.4 Å². The number of carbonyl (C=O) groups excluding carboxylic acids is 2. The van der Waals surface area contributed by atoms with E-state index in [1.165, 1.54) is 12.1 Å². The molecule has 1 aromatic carbocycles. The minimum Gasteiger partial charge on any atom is -0.392 e. The van der Waals surface area contributed by atoms with Crippen molar-refractivity contribution in [3.05, 3.63) is 35.1 Å². The zero-order valence-corrected chi connectivity index (χ0v) is 14.2. The Hall–Kier alpha value is -1.95. The molecule has 4 rings (SSSR count). The summed E-state index contributed by atoms with van der Waals surface area (Å²) in [5.74, 6) is 0.360. The summed E-state index contributed by atoms with van der Waals surface area (Å²) < 4.78 is 13.9. The van der Waals surface area contributed by atoms with Crippen molar-refractivity contribution >= 4 is 11.8 Å². The third-order valence-corrected chi connectivity index (χ3v) is 5.79. The second-order valence-corrected chi connectivity index (χ2v) is 7.53. The molecule has 0 radical (unpaired) electrons. The van der Waals surface area contributed by atoms with E-state index in [4.69, 9.17) is 5.11 Å². The largest absolute Gasteiger partial charge is 0.392 e. The molecule has 6 heteroatoms. The smallest absolute Gasteiger partial charge is 0.254 e. The molecule has 2 aliphatic heterocycles. The number of aliphatic hydroxyl groups is 1. The molecule has 0 aromatic heterocycles. The van der Waals surface area contributed by atoms with Crippen LogP contribution in [0.25, 0.3) is 0 Å². The third-order valence-electron chi connectivity index (χ3n) is 5.79. The van der Waals surface area contributed by atoms with Crippen LogP contribution >= 0.6 is 0 Å². The fourth-order valence-electron chi connectivity index (χ4n) is 4.09. The second kappa shape index (κ2) is 6.41. The molecular weight excluding hydrogens is 323 g/mol. The van der Waals surface area contributed by atoms with Gasteiger partial charge >= 0.3 is 0 Å². The number of benzene rings is 1. The number of rotatable bonds is 4. The van der Waals surface area contributed by atoms with Gasteiger partial charge in [-0.25, -0.2) is 4.39 Å². The van der Waals surface area contributed by atoms with E-state index < -0.39 is 5.82 Å². The van der Waals surface area contributed by atoms with Crippen LogP contribution in [-0.2, 0) is 11.4 Å². The molecule has 2 saturated heterocycles. The number of halogens is 1. The second-order valence-electron chi connectivity index (χ2n) is 7.53. The van der Waals surface area contributed by atoms with E-state index in [0.29, 0.717) is 36.9 Å². The van der Waals surface area contributed by atoms with Gasteiger partial charge in [0.15, 0.2) is 0 Å². The van der Waals surface area contributed by atoms with Gasteiger partial charge in [0, 0.05) is 43.1 Å². The van der Waals surface area contributed by atoms with Gasteiger partial charge in [-0.3, -0.25) is 9.59 Å². The summed E-state index contributed by atoms with van der Waals surface area (Å²) >= 11 is 0. The van der Waals surface area contributed by atoms with Crippen molar-refractivity contribution in [2.75, 3.05) is 19.6 Å². The highest BCUT2D eigenvalue weighted by molar-refractivity contribution is 5.95. The van der Waals surface area contributed by atoms with Crippen molar-refractivity contribution in [1.82, 2.24) is 9.80 Å². The highest BCUT2D eigenvalue weighted by Crippen LogP contribution is 2.36. The van der Waals surface area contributed by atoms with E-state index in [9.17, 15) is 14.0 Å². The summed E-state index contributed by atoms with van der Waals surface area (Å²) in [6, 6.07) is 4.26. The molecule has 25 heavy (non-hydrogen) atoms. The molecule has 2 atom stereocenters. The van der Waals surface area contributed by atoms with E-state index in [1.54, 1.807) is 11.0 Å². The highest BCUT2D eigenvalue weighted by Gasteiger charge is 2.45. The summed E-state index contributed by atoms with van der Waals surface area (Å²) in [6.45, 7) is 1.60. The summed E-state index contributed by atoms with van der Waals surface area (Å²) in [5, 5.41) is 9.06. The predicted octanol–water partition coefficient (Wildman–Crippen LogP) is 1.79. The van der Waals surface area contributed by atoms with Gasteiger partial charge in [-0.2, -0.15) is 0 Å². The molecule has 3 aliphatic rings. The SMILES string of the molecule is O=C(CC1CC1)N1CC2CCN(C(=O)c3ccc(CO)c(F)c3)C2C1. The number of carbonyl (C=O) groups is 2. The number of hydrogen-bond acceptors (Lipinski definition) is 3. The van der Waals surface area contributed by atoms with Crippen LogP contribution in [0.2, 0.25) is 0 Å². The van der Waals surface area contributed by atoms with E-state index in [1.807, 2.05) is 4.90 Å². The normalized spacial score (nSPS) is 25.4. The van der Waals surface area contributed by atoms with Crippen molar-refractivity contribution < 1.29 is 19.1 Å². The first kappa shape index (κ1) is 16.5.